The molecule has 30 heavy (non-hydrogen) atoms. The molecule has 0 heterocycles. The Labute approximate surface area is 191 Å². The van der Waals surface area contributed by atoms with Gasteiger partial charge in [-0.05, 0) is 32.4 Å². The highest BCUT2D eigenvalue weighted by Crippen LogP contribution is 2.14. The average Bonchev–Trinajstić information content (AvgIpc) is 2.76. The molecule has 0 unspecified atom stereocenters. The lowest BCUT2D eigenvalue weighted by Gasteiger charge is -2.05. The molecule has 0 aromatic rings. The number of aliphatic hydroxyl groups excluding tert-OH is 1. The predicted molar refractivity (Wildman–Crippen MR) is 136 cm³/mol. The molecule has 0 rings (SSSR count). The highest BCUT2D eigenvalue weighted by molar-refractivity contribution is 4.53. The van der Waals surface area contributed by atoms with E-state index in [2.05, 4.69) is 12.2 Å². The monoisotopic (exact) mass is 425 g/mol. The maximum atomic E-state index is 8.75. The summed E-state index contributed by atoms with van der Waals surface area (Å²) >= 11 is 0. The second-order valence-electron chi connectivity index (χ2n) is 9.61. The van der Waals surface area contributed by atoms with Crippen LogP contribution in [0.4, 0.5) is 0 Å². The summed E-state index contributed by atoms with van der Waals surface area (Å²) in [5.74, 6) is 0. The van der Waals surface area contributed by atoms with Gasteiger partial charge in [-0.25, -0.2) is 0 Å². The van der Waals surface area contributed by atoms with Crippen LogP contribution < -0.4 is 5.32 Å². The van der Waals surface area contributed by atoms with Crippen molar-refractivity contribution in [1.29, 1.82) is 0 Å². The fourth-order valence-corrected chi connectivity index (χ4v) is 4.35. The molecule has 0 amide bonds. The molecule has 0 saturated carbocycles. The summed E-state index contributed by atoms with van der Waals surface area (Å²) in [6, 6.07) is 0. The zero-order chi connectivity index (χ0) is 21.8. The van der Waals surface area contributed by atoms with Crippen LogP contribution in [-0.2, 0) is 0 Å². The average molecular weight is 426 g/mol. The number of aliphatic hydroxyl groups is 1. The molecular weight excluding hydrogens is 366 g/mol. The summed E-state index contributed by atoms with van der Waals surface area (Å²) in [6.07, 6.45) is 33.5. The Morgan fingerprint density at radius 3 is 0.933 bits per heavy atom. The van der Waals surface area contributed by atoms with Crippen LogP contribution >= 0.6 is 0 Å². The van der Waals surface area contributed by atoms with Gasteiger partial charge < -0.3 is 10.4 Å². The Morgan fingerprint density at radius 2 is 0.633 bits per heavy atom. The molecule has 0 aliphatic heterocycles. The fraction of sp³-hybridized carbons (Fsp3) is 1.00. The Bertz CT molecular complexity index is 254. The Kier molecular flexibility index (Phi) is 28.8. The van der Waals surface area contributed by atoms with Crippen molar-refractivity contribution >= 4 is 0 Å². The minimum atomic E-state index is 0.373. The number of rotatable bonds is 27. The summed E-state index contributed by atoms with van der Waals surface area (Å²) in [5, 5.41) is 12.4. The second kappa shape index (κ2) is 28.9. The van der Waals surface area contributed by atoms with E-state index in [1.807, 2.05) is 0 Å². The largest absolute Gasteiger partial charge is 0.396 e. The quantitative estimate of drug-likeness (QED) is 0.129. The Hall–Kier alpha value is -0.0800. The lowest BCUT2D eigenvalue weighted by molar-refractivity contribution is 0.282. The van der Waals surface area contributed by atoms with E-state index in [1.165, 1.54) is 161 Å². The van der Waals surface area contributed by atoms with Gasteiger partial charge in [0.1, 0.15) is 0 Å². The molecule has 0 aliphatic carbocycles. The minimum Gasteiger partial charge on any atom is -0.396 e. The maximum Gasteiger partial charge on any atom is 0.0431 e. The molecule has 0 spiro atoms. The number of hydrogen-bond donors (Lipinski definition) is 2. The highest BCUT2D eigenvalue weighted by atomic mass is 16.2. The van der Waals surface area contributed by atoms with E-state index in [0.29, 0.717) is 6.61 Å². The summed E-state index contributed by atoms with van der Waals surface area (Å²) in [7, 11) is 0. The predicted octanol–water partition coefficient (Wildman–Crippen LogP) is 8.95. The van der Waals surface area contributed by atoms with Crippen molar-refractivity contribution in [3.05, 3.63) is 0 Å². The van der Waals surface area contributed by atoms with E-state index in [0.717, 1.165) is 6.42 Å². The van der Waals surface area contributed by atoms with Crippen molar-refractivity contribution in [1.82, 2.24) is 5.32 Å². The third-order valence-electron chi connectivity index (χ3n) is 6.47. The first kappa shape index (κ1) is 29.9. The standard InChI is InChI=1S/C28H59NO/c1-2-3-4-23-26-29-27-24-21-19-17-15-13-11-9-7-5-6-8-10-12-14-16-18-20-22-25-28-30/h29-30H,2-28H2,1H3. The van der Waals surface area contributed by atoms with E-state index in [1.54, 1.807) is 0 Å². The molecule has 0 saturated heterocycles. The molecule has 2 heteroatoms. The zero-order valence-corrected chi connectivity index (χ0v) is 21.0. The van der Waals surface area contributed by atoms with Gasteiger partial charge in [0.15, 0.2) is 0 Å². The van der Waals surface area contributed by atoms with Gasteiger partial charge >= 0.3 is 0 Å². The number of unbranched alkanes of at least 4 members (excludes halogenated alkanes) is 22. The fourth-order valence-electron chi connectivity index (χ4n) is 4.35. The molecule has 0 bridgehead atoms. The Morgan fingerprint density at radius 1 is 0.367 bits per heavy atom. The van der Waals surface area contributed by atoms with Crippen molar-refractivity contribution in [2.75, 3.05) is 19.7 Å². The van der Waals surface area contributed by atoms with Gasteiger partial charge in [-0.15, -0.1) is 0 Å². The molecule has 0 fully saturated rings. The SMILES string of the molecule is CCCCCCNCCCCCCCCCCCCCCCCCCCCCCO. The van der Waals surface area contributed by atoms with E-state index >= 15 is 0 Å². The van der Waals surface area contributed by atoms with Crippen LogP contribution in [0.3, 0.4) is 0 Å². The topological polar surface area (TPSA) is 32.3 Å². The number of nitrogens with one attached hydrogen (secondary N) is 1. The molecule has 0 aliphatic rings. The molecule has 182 valence electrons. The molecule has 2 N–H and O–H groups in total. The van der Waals surface area contributed by atoms with Crippen molar-refractivity contribution in [3.63, 3.8) is 0 Å². The van der Waals surface area contributed by atoms with Gasteiger partial charge in [-0.1, -0.05) is 142 Å². The van der Waals surface area contributed by atoms with E-state index < -0.39 is 0 Å². The van der Waals surface area contributed by atoms with Crippen LogP contribution in [0.15, 0.2) is 0 Å². The first-order chi connectivity index (χ1) is 14.9. The van der Waals surface area contributed by atoms with Crippen molar-refractivity contribution in [3.8, 4) is 0 Å². The zero-order valence-electron chi connectivity index (χ0n) is 21.0. The van der Waals surface area contributed by atoms with Gasteiger partial charge in [-0.2, -0.15) is 0 Å². The molecule has 0 aromatic carbocycles. The Balaban J connectivity index is 2.97. The first-order valence-electron chi connectivity index (χ1n) is 14.2. The first-order valence-corrected chi connectivity index (χ1v) is 14.2. The van der Waals surface area contributed by atoms with Crippen LogP contribution in [0.2, 0.25) is 0 Å². The minimum absolute atomic E-state index is 0.373. The normalized spacial score (nSPS) is 11.4. The summed E-state index contributed by atoms with van der Waals surface area (Å²) in [4.78, 5) is 0. The van der Waals surface area contributed by atoms with Gasteiger partial charge in [0.2, 0.25) is 0 Å². The van der Waals surface area contributed by atoms with Crippen molar-refractivity contribution in [2.45, 2.75) is 161 Å². The maximum absolute atomic E-state index is 8.75. The van der Waals surface area contributed by atoms with Crippen LogP contribution in [0.5, 0.6) is 0 Å². The van der Waals surface area contributed by atoms with Crippen LogP contribution in [0.1, 0.15) is 161 Å². The lowest BCUT2D eigenvalue weighted by Crippen LogP contribution is -2.16. The summed E-state index contributed by atoms with van der Waals surface area (Å²) in [6.45, 7) is 5.12. The second-order valence-corrected chi connectivity index (χ2v) is 9.61. The third-order valence-corrected chi connectivity index (χ3v) is 6.47. The molecule has 0 atom stereocenters. The summed E-state index contributed by atoms with van der Waals surface area (Å²) in [5.41, 5.74) is 0. The van der Waals surface area contributed by atoms with Crippen molar-refractivity contribution in [2.24, 2.45) is 0 Å². The third kappa shape index (κ3) is 27.9. The molecule has 2 nitrogen and oxygen atoms in total. The van der Waals surface area contributed by atoms with Gasteiger partial charge in [0.05, 0.1) is 0 Å². The van der Waals surface area contributed by atoms with E-state index in [-0.39, 0.29) is 0 Å². The highest BCUT2D eigenvalue weighted by Gasteiger charge is 1.96. The van der Waals surface area contributed by atoms with Crippen LogP contribution in [-0.4, -0.2) is 24.8 Å². The molecule has 0 aromatic heterocycles. The van der Waals surface area contributed by atoms with Crippen LogP contribution in [0.25, 0.3) is 0 Å². The lowest BCUT2D eigenvalue weighted by atomic mass is 10.0. The summed E-state index contributed by atoms with van der Waals surface area (Å²) < 4.78 is 0. The van der Waals surface area contributed by atoms with Gasteiger partial charge in [-0.3, -0.25) is 0 Å². The molecule has 0 radical (unpaired) electrons. The van der Waals surface area contributed by atoms with Crippen LogP contribution in [0, 0.1) is 0 Å². The molecular formula is C28H59NO. The van der Waals surface area contributed by atoms with E-state index in [4.69, 9.17) is 5.11 Å². The van der Waals surface area contributed by atoms with Gasteiger partial charge in [0.25, 0.3) is 0 Å². The number of hydrogen-bond acceptors (Lipinski definition) is 2. The van der Waals surface area contributed by atoms with E-state index in [9.17, 15) is 0 Å². The van der Waals surface area contributed by atoms with Crippen molar-refractivity contribution < 1.29 is 5.11 Å². The van der Waals surface area contributed by atoms with Gasteiger partial charge in [0, 0.05) is 6.61 Å². The smallest absolute Gasteiger partial charge is 0.0431 e.